The van der Waals surface area contributed by atoms with Gasteiger partial charge in [0.25, 0.3) is 5.91 Å². The average molecular weight is 599 g/mol. The molecule has 0 aliphatic carbocycles. The van der Waals surface area contributed by atoms with Gasteiger partial charge in [-0.05, 0) is 42.5 Å². The van der Waals surface area contributed by atoms with Crippen molar-refractivity contribution in [3.05, 3.63) is 63.8 Å². The van der Waals surface area contributed by atoms with Crippen LogP contribution in [0.25, 0.3) is 17.1 Å². The van der Waals surface area contributed by atoms with Gasteiger partial charge in [0.2, 0.25) is 11.8 Å². The van der Waals surface area contributed by atoms with Gasteiger partial charge in [-0.25, -0.2) is 18.4 Å². The molecule has 0 saturated carbocycles. The highest BCUT2D eigenvalue weighted by Crippen LogP contribution is 2.36. The van der Waals surface area contributed by atoms with Crippen LogP contribution in [0, 0.1) is 11.8 Å². The molecule has 3 aromatic rings. The van der Waals surface area contributed by atoms with E-state index >= 15 is 0 Å². The third kappa shape index (κ3) is 6.91. The molecule has 2 heterocycles. The van der Waals surface area contributed by atoms with Gasteiger partial charge in [-0.15, -0.1) is 0 Å². The predicted octanol–water partition coefficient (Wildman–Crippen LogP) is 2.85. The molecule has 204 valence electrons. The fraction of sp³-hybridized carbons (Fsp3) is 0.269. The van der Waals surface area contributed by atoms with Gasteiger partial charge in [0.1, 0.15) is 5.82 Å². The van der Waals surface area contributed by atoms with Crippen LogP contribution in [0.4, 0.5) is 0 Å². The minimum absolute atomic E-state index is 0.0214. The van der Waals surface area contributed by atoms with Gasteiger partial charge in [-0.2, -0.15) is 0 Å². The molecule has 2 aromatic carbocycles. The summed E-state index contributed by atoms with van der Waals surface area (Å²) in [6, 6.07) is 10.7. The second kappa shape index (κ2) is 12.1. The quantitative estimate of drug-likeness (QED) is 0.399. The van der Waals surface area contributed by atoms with Crippen LogP contribution in [0.3, 0.4) is 0 Å². The fourth-order valence-corrected chi connectivity index (χ4v) is 4.32. The van der Waals surface area contributed by atoms with E-state index in [2.05, 4.69) is 16.8 Å². The summed E-state index contributed by atoms with van der Waals surface area (Å²) in [5, 5.41) is 0.00219. The summed E-state index contributed by atoms with van der Waals surface area (Å²) in [7, 11) is -4.61. The largest absolute Gasteiger partial charge is 0.480 e. The van der Waals surface area contributed by atoms with E-state index < -0.39 is 51.7 Å². The minimum atomic E-state index is -5.77. The summed E-state index contributed by atoms with van der Waals surface area (Å²) in [6.07, 6.45) is 0.324. The Balaban J connectivity index is 1.86. The number of benzene rings is 2. The first-order chi connectivity index (χ1) is 21.6. The van der Waals surface area contributed by atoms with Crippen LogP contribution in [-0.4, -0.2) is 66.3 Å². The molecular formula is C26H25Cl2N5O5S. The Kier molecular flexibility index (Phi) is 6.04. The average Bonchev–Trinajstić information content (AvgIpc) is 3.36. The van der Waals surface area contributed by atoms with Crippen LogP contribution in [-0.2, 0) is 14.6 Å². The first-order valence-electron chi connectivity index (χ1n) is 15.0. The maximum Gasteiger partial charge on any atom is 0.289 e. The van der Waals surface area contributed by atoms with E-state index in [1.54, 1.807) is 29.7 Å². The van der Waals surface area contributed by atoms with Gasteiger partial charge < -0.3 is 10.5 Å². The minimum Gasteiger partial charge on any atom is -0.480 e. The number of aromatic nitrogens is 2. The van der Waals surface area contributed by atoms with Crippen LogP contribution in [0.5, 0.6) is 5.88 Å². The van der Waals surface area contributed by atoms with E-state index in [9.17, 15) is 18.0 Å². The van der Waals surface area contributed by atoms with Gasteiger partial charge in [0, 0.05) is 53.0 Å². The summed E-state index contributed by atoms with van der Waals surface area (Å²) >= 11 is 12.5. The number of hydrogen-bond acceptors (Lipinski definition) is 7. The normalized spacial score (nSPS) is 22.9. The van der Waals surface area contributed by atoms with E-state index in [0.717, 1.165) is 0 Å². The van der Waals surface area contributed by atoms with Crippen LogP contribution in [0.2, 0.25) is 10.0 Å². The maximum atomic E-state index is 13.7. The van der Waals surface area contributed by atoms with Crippen molar-refractivity contribution in [1.29, 1.82) is 0 Å². The number of carbonyl (C=O) groups is 2. The molecule has 0 spiro atoms. The highest BCUT2D eigenvalue weighted by Gasteiger charge is 2.29. The van der Waals surface area contributed by atoms with Crippen LogP contribution in [0.15, 0.2) is 42.5 Å². The maximum absolute atomic E-state index is 13.7. The van der Waals surface area contributed by atoms with Crippen LogP contribution in [0.1, 0.15) is 39.9 Å². The third-order valence-corrected chi connectivity index (χ3v) is 6.34. The van der Waals surface area contributed by atoms with Crippen molar-refractivity contribution in [1.82, 2.24) is 20.0 Å². The number of nitrogens with zero attached hydrogens (tertiary/aromatic N) is 3. The Morgan fingerprint density at radius 2 is 1.87 bits per heavy atom. The number of imidazole rings is 1. The number of rotatable bonds is 7. The standard InChI is InChI=1S/C26H25Cl2N5O5S/c1-38-26-23(25(35)31-32-12-14-39(36,37)15-13-32)30-24(20-11-8-18(27)16-21(20)28)33(26)19-9-6-17(7-10-19)4-2-3-5-22(29)34/h6-11,16H,3,5,12-15H2,1H3,(H2,29,34)(H,31,35)/i12D2,13D2,14D2,15D2. The zero-order valence-electron chi connectivity index (χ0n) is 28.1. The summed E-state index contributed by atoms with van der Waals surface area (Å²) in [4.78, 5) is 29.0. The van der Waals surface area contributed by atoms with Gasteiger partial charge in [-0.1, -0.05) is 35.0 Å². The lowest BCUT2D eigenvalue weighted by Gasteiger charge is -2.26. The number of halogens is 2. The molecule has 1 aromatic heterocycles. The van der Waals surface area contributed by atoms with Gasteiger partial charge in [-0.3, -0.25) is 19.6 Å². The number of ether oxygens (including phenoxy) is 1. The molecule has 1 fully saturated rings. The summed E-state index contributed by atoms with van der Waals surface area (Å²) in [5.74, 6) is 3.46. The molecule has 13 heteroatoms. The van der Waals surface area contributed by atoms with Crippen LogP contribution >= 0.6 is 23.2 Å². The monoisotopic (exact) mass is 597 g/mol. The number of nitrogens with one attached hydrogen (secondary N) is 1. The number of nitrogens with two attached hydrogens (primary N) is 1. The number of hydrazine groups is 1. The summed E-state index contributed by atoms with van der Waals surface area (Å²) in [6.45, 7) is -7.66. The lowest BCUT2D eigenvalue weighted by Crippen LogP contribution is -2.50. The molecule has 1 saturated heterocycles. The second-order valence-electron chi connectivity index (χ2n) is 7.78. The van der Waals surface area contributed by atoms with Gasteiger partial charge in [0.15, 0.2) is 15.5 Å². The molecule has 0 atom stereocenters. The van der Waals surface area contributed by atoms with Gasteiger partial charge in [0.05, 0.1) is 29.2 Å². The van der Waals surface area contributed by atoms with Crippen molar-refractivity contribution in [3.63, 3.8) is 0 Å². The molecule has 4 rings (SSSR count). The third-order valence-electron chi connectivity index (χ3n) is 5.07. The second-order valence-corrected chi connectivity index (χ2v) is 10.0. The van der Waals surface area contributed by atoms with Crippen molar-refractivity contribution in [2.24, 2.45) is 5.73 Å². The van der Waals surface area contributed by atoms with Crippen molar-refractivity contribution < 1.29 is 33.7 Å². The lowest BCUT2D eigenvalue weighted by atomic mass is 10.1. The van der Waals surface area contributed by atoms with Crippen molar-refractivity contribution in [2.45, 2.75) is 12.8 Å². The Labute approximate surface area is 247 Å². The molecule has 2 amide bonds. The SMILES string of the molecule is [2H]C1([2H])N(NC(=O)c2nc(-c3ccc(Cl)cc3Cl)n(-c3ccc(C#CCCC(N)=O)cc3)c2OC)C([2H])([2H])C([2H])([2H])S(=O)(=O)C1([2H])[2H]. The Hall–Kier alpha value is -3.56. The predicted molar refractivity (Wildman–Crippen MR) is 149 cm³/mol. The number of hydrogen-bond donors (Lipinski definition) is 2. The molecule has 3 N–H and O–H groups in total. The van der Waals surface area contributed by atoms with E-state index in [0.29, 0.717) is 11.3 Å². The zero-order valence-corrected chi connectivity index (χ0v) is 22.4. The molecule has 0 radical (unpaired) electrons. The fourth-order valence-electron chi connectivity index (χ4n) is 3.35. The van der Waals surface area contributed by atoms with Crippen molar-refractivity contribution >= 4 is 44.9 Å². The van der Waals surface area contributed by atoms with E-state index in [1.807, 2.05) is 0 Å². The van der Waals surface area contributed by atoms with E-state index in [1.165, 1.54) is 29.9 Å². The number of sulfone groups is 1. The van der Waals surface area contributed by atoms with E-state index in [4.69, 9.17) is 44.6 Å². The highest BCUT2D eigenvalue weighted by atomic mass is 35.5. The molecule has 1 aliphatic heterocycles. The highest BCUT2D eigenvalue weighted by molar-refractivity contribution is 7.91. The first-order valence-corrected chi connectivity index (χ1v) is 13.2. The molecule has 0 bridgehead atoms. The Morgan fingerprint density at radius 3 is 2.49 bits per heavy atom. The Morgan fingerprint density at radius 1 is 1.18 bits per heavy atom. The van der Waals surface area contributed by atoms with Gasteiger partial charge >= 0.3 is 0 Å². The number of carbonyl (C=O) groups excluding carboxylic acids is 2. The zero-order chi connectivity index (χ0) is 35.3. The smallest absolute Gasteiger partial charge is 0.289 e. The molecule has 39 heavy (non-hydrogen) atoms. The van der Waals surface area contributed by atoms with Crippen molar-refractivity contribution in [2.75, 3.05) is 31.5 Å². The molecule has 0 unspecified atom stereocenters. The summed E-state index contributed by atoms with van der Waals surface area (Å²) in [5.41, 5.74) is -0.645. The van der Waals surface area contributed by atoms with Crippen molar-refractivity contribution in [3.8, 4) is 34.8 Å². The van der Waals surface area contributed by atoms with E-state index in [-0.39, 0.29) is 45.2 Å². The Bertz CT molecular complexity index is 1900. The van der Waals surface area contributed by atoms with Crippen LogP contribution < -0.4 is 15.9 Å². The number of amides is 2. The molecule has 1 aliphatic rings. The number of methoxy groups -OCH3 is 1. The first kappa shape index (κ1) is 19.5. The molecular weight excluding hydrogens is 565 g/mol. The number of primary amides is 1. The molecule has 10 nitrogen and oxygen atoms in total. The summed E-state index contributed by atoms with van der Waals surface area (Å²) < 4.78 is 96.6. The topological polar surface area (TPSA) is 137 Å². The lowest BCUT2D eigenvalue weighted by molar-refractivity contribution is -0.117.